The molecule has 120 valence electrons. The molecule has 0 heterocycles. The first-order valence-electron chi connectivity index (χ1n) is 7.79. The number of rotatable bonds is 11. The van der Waals surface area contributed by atoms with E-state index in [1.54, 1.807) is 0 Å². The van der Waals surface area contributed by atoms with E-state index in [0.29, 0.717) is 6.04 Å². The van der Waals surface area contributed by atoms with E-state index in [1.807, 2.05) is 17.8 Å². The van der Waals surface area contributed by atoms with Gasteiger partial charge in [0.05, 0.1) is 0 Å². The number of nitrogens with zero attached hydrogens (tertiary/aromatic N) is 1. The van der Waals surface area contributed by atoms with E-state index in [9.17, 15) is 0 Å². The summed E-state index contributed by atoms with van der Waals surface area (Å²) < 4.78 is 5.88. The molecule has 0 fully saturated rings. The van der Waals surface area contributed by atoms with E-state index in [4.69, 9.17) is 4.74 Å². The van der Waals surface area contributed by atoms with Gasteiger partial charge in [0.2, 0.25) is 0 Å². The average Bonchev–Trinajstić information content (AvgIpc) is 2.48. The molecule has 0 aliphatic heterocycles. The fourth-order valence-electron chi connectivity index (χ4n) is 2.05. The van der Waals surface area contributed by atoms with Gasteiger partial charge in [-0.1, -0.05) is 19.1 Å². The summed E-state index contributed by atoms with van der Waals surface area (Å²) in [5.41, 5.74) is 1.28. The first-order valence-corrected chi connectivity index (χ1v) is 9.18. The number of benzene rings is 1. The van der Waals surface area contributed by atoms with Crippen LogP contribution >= 0.6 is 11.8 Å². The van der Waals surface area contributed by atoms with Crippen LogP contribution < -0.4 is 10.1 Å². The monoisotopic (exact) mass is 310 g/mol. The van der Waals surface area contributed by atoms with Crippen LogP contribution in [0, 0.1) is 0 Å². The lowest BCUT2D eigenvalue weighted by atomic mass is 10.2. The lowest BCUT2D eigenvalue weighted by Crippen LogP contribution is -2.34. The van der Waals surface area contributed by atoms with Gasteiger partial charge in [-0.2, -0.15) is 11.8 Å². The molecule has 0 spiro atoms. The first-order chi connectivity index (χ1) is 10.2. The van der Waals surface area contributed by atoms with Crippen LogP contribution in [0.2, 0.25) is 0 Å². The van der Waals surface area contributed by atoms with E-state index in [0.717, 1.165) is 44.2 Å². The highest BCUT2D eigenvalue weighted by atomic mass is 32.2. The highest BCUT2D eigenvalue weighted by Gasteiger charge is 2.08. The van der Waals surface area contributed by atoms with Crippen LogP contribution in [0.5, 0.6) is 5.75 Å². The summed E-state index contributed by atoms with van der Waals surface area (Å²) in [6.07, 6.45) is 3.32. The smallest absolute Gasteiger partial charge is 0.119 e. The molecule has 1 aromatic carbocycles. The van der Waals surface area contributed by atoms with Gasteiger partial charge in [0.15, 0.2) is 0 Å². The molecule has 0 radical (unpaired) electrons. The van der Waals surface area contributed by atoms with E-state index < -0.39 is 0 Å². The number of thioether (sulfide) groups is 1. The Balaban J connectivity index is 2.33. The van der Waals surface area contributed by atoms with Crippen molar-refractivity contribution in [2.45, 2.75) is 32.9 Å². The quantitative estimate of drug-likeness (QED) is 0.634. The molecule has 1 atom stereocenters. The molecule has 3 nitrogen and oxygen atoms in total. The number of ether oxygens (including phenoxy) is 1. The number of hydrogen-bond donors (Lipinski definition) is 1. The van der Waals surface area contributed by atoms with Crippen molar-refractivity contribution in [3.8, 4) is 5.75 Å². The largest absolute Gasteiger partial charge is 0.492 e. The van der Waals surface area contributed by atoms with Crippen LogP contribution in [0.25, 0.3) is 0 Å². The second kappa shape index (κ2) is 10.9. The molecule has 21 heavy (non-hydrogen) atoms. The van der Waals surface area contributed by atoms with Gasteiger partial charge in [0.25, 0.3) is 0 Å². The van der Waals surface area contributed by atoms with E-state index in [2.05, 4.69) is 55.6 Å². The standard InChI is InChI=1S/C17H30N2OS/c1-5-9-18-13-16-7-6-8-17(12-16)20-11-10-19(3)15(2)14-21-4/h6-8,12,15,18H,5,9-11,13-14H2,1-4H3. The van der Waals surface area contributed by atoms with Crippen molar-refractivity contribution in [3.63, 3.8) is 0 Å². The zero-order chi connectivity index (χ0) is 15.5. The zero-order valence-corrected chi connectivity index (χ0v) is 14.7. The Hall–Kier alpha value is -0.710. The molecule has 1 unspecified atom stereocenters. The molecule has 0 saturated carbocycles. The summed E-state index contributed by atoms with van der Waals surface area (Å²) in [5.74, 6) is 2.13. The van der Waals surface area contributed by atoms with E-state index in [1.165, 1.54) is 5.56 Å². The Kier molecular flexibility index (Phi) is 9.55. The molecule has 0 amide bonds. The maximum atomic E-state index is 5.88. The molecular weight excluding hydrogens is 280 g/mol. The van der Waals surface area contributed by atoms with Gasteiger partial charge in [0, 0.05) is 24.9 Å². The molecule has 0 aliphatic rings. The molecule has 0 saturated heterocycles. The minimum Gasteiger partial charge on any atom is -0.492 e. The summed E-state index contributed by atoms with van der Waals surface area (Å²) in [4.78, 5) is 2.35. The van der Waals surface area contributed by atoms with Crippen LogP contribution in [0.4, 0.5) is 0 Å². The Morgan fingerprint density at radius 2 is 2.19 bits per heavy atom. The predicted molar refractivity (Wildman–Crippen MR) is 94.4 cm³/mol. The molecule has 1 rings (SSSR count). The summed E-state index contributed by atoms with van der Waals surface area (Å²) in [7, 11) is 2.16. The van der Waals surface area contributed by atoms with Crippen molar-refractivity contribution in [1.29, 1.82) is 0 Å². The zero-order valence-electron chi connectivity index (χ0n) is 13.9. The normalized spacial score (nSPS) is 12.6. The van der Waals surface area contributed by atoms with Gasteiger partial charge in [-0.05, 0) is 50.9 Å². The molecule has 1 aromatic rings. The van der Waals surface area contributed by atoms with Crippen molar-refractivity contribution in [2.75, 3.05) is 38.8 Å². The summed E-state index contributed by atoms with van der Waals surface area (Å²) in [6, 6.07) is 8.97. The fourth-order valence-corrected chi connectivity index (χ4v) is 2.79. The Labute approximate surface area is 134 Å². The number of nitrogens with one attached hydrogen (secondary N) is 1. The third kappa shape index (κ3) is 7.74. The third-order valence-corrected chi connectivity index (χ3v) is 4.34. The molecule has 0 bridgehead atoms. The Morgan fingerprint density at radius 1 is 1.38 bits per heavy atom. The molecule has 1 N–H and O–H groups in total. The van der Waals surface area contributed by atoms with Crippen molar-refractivity contribution >= 4 is 11.8 Å². The van der Waals surface area contributed by atoms with E-state index >= 15 is 0 Å². The van der Waals surface area contributed by atoms with Gasteiger partial charge >= 0.3 is 0 Å². The fraction of sp³-hybridized carbons (Fsp3) is 0.647. The first kappa shape index (κ1) is 18.3. The lowest BCUT2D eigenvalue weighted by molar-refractivity contribution is 0.210. The third-order valence-electron chi connectivity index (χ3n) is 3.53. The summed E-state index contributed by atoms with van der Waals surface area (Å²) in [6.45, 7) is 8.11. The number of likely N-dealkylation sites (N-methyl/N-ethyl adjacent to an activating group) is 1. The minimum absolute atomic E-state index is 0.591. The van der Waals surface area contributed by atoms with Gasteiger partial charge in [-0.25, -0.2) is 0 Å². The van der Waals surface area contributed by atoms with Gasteiger partial charge in [-0.3, -0.25) is 4.90 Å². The van der Waals surface area contributed by atoms with E-state index in [-0.39, 0.29) is 0 Å². The van der Waals surface area contributed by atoms with Crippen LogP contribution in [-0.4, -0.2) is 49.7 Å². The minimum atomic E-state index is 0.591. The predicted octanol–water partition coefficient (Wildman–Crippen LogP) is 3.25. The number of hydrogen-bond acceptors (Lipinski definition) is 4. The average molecular weight is 311 g/mol. The highest BCUT2D eigenvalue weighted by molar-refractivity contribution is 7.98. The van der Waals surface area contributed by atoms with Crippen LogP contribution in [0.3, 0.4) is 0 Å². The Morgan fingerprint density at radius 3 is 2.90 bits per heavy atom. The van der Waals surface area contributed by atoms with Crippen LogP contribution in [0.15, 0.2) is 24.3 Å². The highest BCUT2D eigenvalue weighted by Crippen LogP contribution is 2.13. The maximum absolute atomic E-state index is 5.88. The van der Waals surface area contributed by atoms with Crippen molar-refractivity contribution < 1.29 is 4.74 Å². The van der Waals surface area contributed by atoms with Crippen LogP contribution in [0.1, 0.15) is 25.8 Å². The molecular formula is C17H30N2OS. The lowest BCUT2D eigenvalue weighted by Gasteiger charge is -2.23. The second-order valence-electron chi connectivity index (χ2n) is 5.46. The maximum Gasteiger partial charge on any atom is 0.119 e. The SMILES string of the molecule is CCCNCc1cccc(OCCN(C)C(C)CSC)c1. The van der Waals surface area contributed by atoms with Crippen molar-refractivity contribution in [3.05, 3.63) is 29.8 Å². The molecule has 0 aliphatic carbocycles. The second-order valence-corrected chi connectivity index (χ2v) is 6.37. The molecule has 0 aromatic heterocycles. The van der Waals surface area contributed by atoms with Crippen molar-refractivity contribution in [1.82, 2.24) is 10.2 Å². The summed E-state index contributed by atoms with van der Waals surface area (Å²) in [5, 5.41) is 3.42. The summed E-state index contributed by atoms with van der Waals surface area (Å²) >= 11 is 1.89. The Bertz CT molecular complexity index is 387. The van der Waals surface area contributed by atoms with Crippen LogP contribution in [-0.2, 0) is 6.54 Å². The van der Waals surface area contributed by atoms with Gasteiger partial charge in [-0.15, -0.1) is 0 Å². The van der Waals surface area contributed by atoms with Crippen molar-refractivity contribution in [2.24, 2.45) is 0 Å². The topological polar surface area (TPSA) is 24.5 Å². The van der Waals surface area contributed by atoms with Gasteiger partial charge < -0.3 is 10.1 Å². The molecule has 4 heteroatoms. The van der Waals surface area contributed by atoms with Gasteiger partial charge in [0.1, 0.15) is 12.4 Å².